The Hall–Kier alpha value is -3.92. The lowest BCUT2D eigenvalue weighted by atomic mass is 10.1. The summed E-state index contributed by atoms with van der Waals surface area (Å²) in [6, 6.07) is 19.2. The van der Waals surface area contributed by atoms with Crippen molar-refractivity contribution in [3.05, 3.63) is 71.8 Å². The molecule has 0 bridgehead atoms. The highest BCUT2D eigenvalue weighted by Crippen LogP contribution is 2.36. The summed E-state index contributed by atoms with van der Waals surface area (Å²) in [6.07, 6.45) is 1.84. The van der Waals surface area contributed by atoms with E-state index in [1.165, 1.54) is 0 Å². The van der Waals surface area contributed by atoms with E-state index in [9.17, 15) is 14.4 Å². The first kappa shape index (κ1) is 27.7. The predicted octanol–water partition coefficient (Wildman–Crippen LogP) is 0.213. The van der Waals surface area contributed by atoms with E-state index in [1.54, 1.807) is 9.80 Å². The normalized spacial score (nSPS) is 16.0. The molecule has 3 amide bonds. The maximum Gasteiger partial charge on any atom is 0.242 e. The first-order valence-corrected chi connectivity index (χ1v) is 12.6. The topological polar surface area (TPSA) is 160 Å². The minimum atomic E-state index is -0.405. The Labute approximate surface area is 217 Å². The molecule has 7 N–H and O–H groups in total. The molecule has 37 heavy (non-hydrogen) atoms. The van der Waals surface area contributed by atoms with Gasteiger partial charge in [0.25, 0.3) is 0 Å². The standard InChI is InChI=1S/C27H37N7O3/c28-26(37)22-16-23(22)34(18-21-10-5-2-6-11-21)25(36)19-33(15-12-20-8-3-1-4-9-20)24(35)17-31-13-7-14-32-27(29)30/h1-6,8-11,22-23,31H,7,12-19H2,(H2,28,37)(H4,29,30,32). The van der Waals surface area contributed by atoms with E-state index in [0.717, 1.165) is 11.1 Å². The molecule has 0 heterocycles. The monoisotopic (exact) mass is 507 g/mol. The summed E-state index contributed by atoms with van der Waals surface area (Å²) in [7, 11) is 0. The van der Waals surface area contributed by atoms with Crippen LogP contribution in [0.4, 0.5) is 0 Å². The van der Waals surface area contributed by atoms with Gasteiger partial charge in [-0.15, -0.1) is 0 Å². The summed E-state index contributed by atoms with van der Waals surface area (Å²) in [4.78, 5) is 45.6. The Kier molecular flexibility index (Phi) is 10.5. The highest BCUT2D eigenvalue weighted by atomic mass is 16.2. The summed E-state index contributed by atoms with van der Waals surface area (Å²) in [5, 5.41) is 3.11. The van der Waals surface area contributed by atoms with Gasteiger partial charge >= 0.3 is 0 Å². The lowest BCUT2D eigenvalue weighted by Crippen LogP contribution is -2.47. The number of rotatable bonds is 15. The predicted molar refractivity (Wildman–Crippen MR) is 143 cm³/mol. The molecule has 2 atom stereocenters. The Morgan fingerprint density at radius 3 is 2.16 bits per heavy atom. The highest BCUT2D eigenvalue weighted by molar-refractivity contribution is 5.87. The fourth-order valence-electron chi connectivity index (χ4n) is 4.18. The van der Waals surface area contributed by atoms with E-state index < -0.39 is 5.91 Å². The lowest BCUT2D eigenvalue weighted by molar-refractivity contribution is -0.141. The Bertz CT molecular complexity index is 1060. The summed E-state index contributed by atoms with van der Waals surface area (Å²) < 4.78 is 0. The zero-order valence-electron chi connectivity index (χ0n) is 21.1. The van der Waals surface area contributed by atoms with Gasteiger partial charge in [-0.05, 0) is 36.9 Å². The van der Waals surface area contributed by atoms with Gasteiger partial charge < -0.3 is 32.3 Å². The smallest absolute Gasteiger partial charge is 0.242 e. The Morgan fingerprint density at radius 2 is 1.57 bits per heavy atom. The molecule has 1 aliphatic carbocycles. The molecule has 0 aliphatic heterocycles. The number of nitrogens with one attached hydrogen (secondary N) is 1. The van der Waals surface area contributed by atoms with Crippen LogP contribution in [0.1, 0.15) is 24.0 Å². The second-order valence-electron chi connectivity index (χ2n) is 9.21. The zero-order valence-corrected chi connectivity index (χ0v) is 21.1. The first-order valence-electron chi connectivity index (χ1n) is 12.6. The molecule has 198 valence electrons. The number of aliphatic imine (C=N–C) groups is 1. The molecule has 10 heteroatoms. The van der Waals surface area contributed by atoms with Crippen molar-refractivity contribution in [3.8, 4) is 0 Å². The molecule has 2 unspecified atom stereocenters. The van der Waals surface area contributed by atoms with Gasteiger partial charge in [0, 0.05) is 25.7 Å². The van der Waals surface area contributed by atoms with Gasteiger partial charge in [0.2, 0.25) is 17.7 Å². The maximum absolute atomic E-state index is 13.5. The third-order valence-electron chi connectivity index (χ3n) is 6.31. The number of nitrogens with two attached hydrogens (primary N) is 3. The van der Waals surface area contributed by atoms with Crippen LogP contribution >= 0.6 is 0 Å². The minimum absolute atomic E-state index is 0.0379. The number of hydrogen-bond acceptors (Lipinski definition) is 5. The maximum atomic E-state index is 13.5. The van der Waals surface area contributed by atoms with Crippen LogP contribution in [-0.4, -0.2) is 72.2 Å². The molecule has 1 aliphatic rings. The van der Waals surface area contributed by atoms with Crippen molar-refractivity contribution in [3.63, 3.8) is 0 Å². The van der Waals surface area contributed by atoms with Crippen LogP contribution in [-0.2, 0) is 27.3 Å². The van der Waals surface area contributed by atoms with Gasteiger partial charge in [-0.3, -0.25) is 19.4 Å². The fraction of sp³-hybridized carbons (Fsp3) is 0.407. The van der Waals surface area contributed by atoms with Crippen LogP contribution < -0.4 is 22.5 Å². The van der Waals surface area contributed by atoms with Crippen LogP contribution in [0.2, 0.25) is 0 Å². The number of guanidine groups is 1. The summed E-state index contributed by atoms with van der Waals surface area (Å²) in [6.45, 7) is 1.80. The second-order valence-corrected chi connectivity index (χ2v) is 9.21. The number of hydrogen-bond donors (Lipinski definition) is 4. The van der Waals surface area contributed by atoms with E-state index in [-0.39, 0.29) is 42.8 Å². The van der Waals surface area contributed by atoms with Crippen molar-refractivity contribution >= 4 is 23.7 Å². The SMILES string of the molecule is NC(=O)C1CC1N(Cc1ccccc1)C(=O)CN(CCc1ccccc1)C(=O)CNCCCN=C(N)N. The van der Waals surface area contributed by atoms with Crippen molar-refractivity contribution in [1.82, 2.24) is 15.1 Å². The van der Waals surface area contributed by atoms with Crippen molar-refractivity contribution in [2.45, 2.75) is 31.8 Å². The quantitative estimate of drug-likeness (QED) is 0.153. The van der Waals surface area contributed by atoms with Crippen molar-refractivity contribution in [2.24, 2.45) is 28.1 Å². The summed E-state index contributed by atoms with van der Waals surface area (Å²) in [5.74, 6) is -1.10. The average molecular weight is 508 g/mol. The van der Waals surface area contributed by atoms with Gasteiger partial charge in [-0.2, -0.15) is 0 Å². The van der Waals surface area contributed by atoms with Gasteiger partial charge in [-0.25, -0.2) is 0 Å². The molecule has 2 aromatic carbocycles. The number of carbonyl (C=O) groups is 3. The molecule has 0 saturated heterocycles. The molecule has 2 aromatic rings. The van der Waals surface area contributed by atoms with E-state index in [0.29, 0.717) is 45.4 Å². The zero-order chi connectivity index (χ0) is 26.6. The summed E-state index contributed by atoms with van der Waals surface area (Å²) in [5.41, 5.74) is 18.2. The fourth-order valence-corrected chi connectivity index (χ4v) is 4.18. The molecule has 3 rings (SSSR count). The minimum Gasteiger partial charge on any atom is -0.370 e. The van der Waals surface area contributed by atoms with Gasteiger partial charge in [0.05, 0.1) is 19.0 Å². The molecule has 0 aromatic heterocycles. The van der Waals surface area contributed by atoms with Gasteiger partial charge in [0.1, 0.15) is 0 Å². The van der Waals surface area contributed by atoms with E-state index in [1.807, 2.05) is 60.7 Å². The number of benzene rings is 2. The molecular weight excluding hydrogens is 470 g/mol. The number of carbonyl (C=O) groups excluding carboxylic acids is 3. The van der Waals surface area contributed by atoms with E-state index in [4.69, 9.17) is 17.2 Å². The average Bonchev–Trinajstić information content (AvgIpc) is 3.69. The van der Waals surface area contributed by atoms with Gasteiger partial charge in [0.15, 0.2) is 5.96 Å². The Morgan fingerprint density at radius 1 is 0.919 bits per heavy atom. The molecule has 10 nitrogen and oxygen atoms in total. The van der Waals surface area contributed by atoms with Crippen molar-refractivity contribution in [2.75, 3.05) is 32.7 Å². The molecule has 1 fully saturated rings. The van der Waals surface area contributed by atoms with Gasteiger partial charge in [-0.1, -0.05) is 60.7 Å². The highest BCUT2D eigenvalue weighted by Gasteiger charge is 2.47. The van der Waals surface area contributed by atoms with Crippen molar-refractivity contribution in [1.29, 1.82) is 0 Å². The van der Waals surface area contributed by atoms with Crippen molar-refractivity contribution < 1.29 is 14.4 Å². The molecule has 0 spiro atoms. The molecule has 0 radical (unpaired) electrons. The molecular formula is C27H37N7O3. The van der Waals surface area contributed by atoms with Crippen LogP contribution in [0, 0.1) is 5.92 Å². The molecule has 1 saturated carbocycles. The van der Waals surface area contributed by atoms with E-state index >= 15 is 0 Å². The van der Waals surface area contributed by atoms with Crippen LogP contribution in [0.15, 0.2) is 65.7 Å². The van der Waals surface area contributed by atoms with Crippen LogP contribution in [0.3, 0.4) is 0 Å². The summed E-state index contributed by atoms with van der Waals surface area (Å²) >= 11 is 0. The largest absolute Gasteiger partial charge is 0.370 e. The lowest BCUT2D eigenvalue weighted by Gasteiger charge is -2.28. The van der Waals surface area contributed by atoms with Crippen LogP contribution in [0.5, 0.6) is 0 Å². The third-order valence-corrected chi connectivity index (χ3v) is 6.31. The number of amides is 3. The van der Waals surface area contributed by atoms with Crippen LogP contribution in [0.25, 0.3) is 0 Å². The second kappa shape index (κ2) is 14.0. The Balaban J connectivity index is 1.66. The number of primary amides is 1. The third kappa shape index (κ3) is 9.23. The number of nitrogens with zero attached hydrogens (tertiary/aromatic N) is 3. The van der Waals surface area contributed by atoms with E-state index in [2.05, 4.69) is 10.3 Å². The first-order chi connectivity index (χ1) is 17.8.